The molecule has 0 saturated carbocycles. The molecule has 2 aromatic carbocycles. The Bertz CT molecular complexity index is 1470. The molecule has 0 spiro atoms. The van der Waals surface area contributed by atoms with Crippen molar-refractivity contribution in [2.24, 2.45) is 0 Å². The second kappa shape index (κ2) is 7.05. The molecule has 0 aliphatic heterocycles. The van der Waals surface area contributed by atoms with Gasteiger partial charge in [0.05, 0.1) is 5.69 Å². The van der Waals surface area contributed by atoms with Gasteiger partial charge in [-0.2, -0.15) is 9.61 Å². The number of nitrogens with one attached hydrogen (secondary N) is 1. The van der Waals surface area contributed by atoms with Crippen molar-refractivity contribution in [3.05, 3.63) is 78.0 Å². The zero-order valence-corrected chi connectivity index (χ0v) is 16.8. The lowest BCUT2D eigenvalue weighted by atomic mass is 10.1. The van der Waals surface area contributed by atoms with E-state index in [1.165, 1.54) is 6.07 Å². The summed E-state index contributed by atoms with van der Waals surface area (Å²) >= 11 is 0. The van der Waals surface area contributed by atoms with Crippen molar-refractivity contribution in [3.63, 3.8) is 0 Å². The molecule has 0 amide bonds. The minimum absolute atomic E-state index is 0.166. The Morgan fingerprint density at radius 3 is 2.47 bits per heavy atom. The van der Waals surface area contributed by atoms with E-state index in [4.69, 9.17) is 4.42 Å². The van der Waals surface area contributed by atoms with Crippen LogP contribution in [0.3, 0.4) is 0 Å². The highest BCUT2D eigenvalue weighted by Crippen LogP contribution is 2.27. The van der Waals surface area contributed by atoms with Crippen LogP contribution in [0.2, 0.25) is 0 Å². The Kier molecular flexibility index (Phi) is 4.34. The molecule has 0 atom stereocenters. The zero-order chi connectivity index (χ0) is 20.7. The summed E-state index contributed by atoms with van der Waals surface area (Å²) in [6.45, 7) is 2.07. The van der Waals surface area contributed by atoms with Gasteiger partial charge >= 0.3 is 0 Å². The minimum atomic E-state index is -3.82. The maximum atomic E-state index is 12.6. The molecule has 3 aromatic heterocycles. The van der Waals surface area contributed by atoms with Crippen LogP contribution in [-0.4, -0.2) is 28.2 Å². The van der Waals surface area contributed by atoms with Gasteiger partial charge in [0, 0.05) is 17.3 Å². The van der Waals surface area contributed by atoms with Crippen molar-refractivity contribution >= 4 is 26.4 Å². The van der Waals surface area contributed by atoms with Crippen LogP contribution in [0.1, 0.15) is 11.3 Å². The van der Waals surface area contributed by atoms with E-state index in [9.17, 15) is 8.42 Å². The maximum Gasteiger partial charge on any atom is 0.274 e. The van der Waals surface area contributed by atoms with Crippen molar-refractivity contribution < 1.29 is 12.8 Å². The summed E-state index contributed by atoms with van der Waals surface area (Å²) in [6, 6.07) is 20.0. The van der Waals surface area contributed by atoms with Crippen molar-refractivity contribution in [1.29, 1.82) is 0 Å². The fourth-order valence-electron chi connectivity index (χ4n) is 3.32. The molecule has 8 nitrogen and oxygen atoms in total. The molecule has 0 radical (unpaired) electrons. The molecule has 0 unspecified atom stereocenters. The molecule has 0 aliphatic carbocycles. The van der Waals surface area contributed by atoms with Crippen LogP contribution < -0.4 is 4.72 Å². The fraction of sp³-hybridized carbons (Fsp3) is 0.0952. The average molecular weight is 419 g/mol. The molecule has 0 fully saturated rings. The molecule has 1 N–H and O–H groups in total. The Labute approximate surface area is 172 Å². The Morgan fingerprint density at radius 2 is 1.67 bits per heavy atom. The number of hydrogen-bond donors (Lipinski definition) is 1. The minimum Gasteiger partial charge on any atom is -0.440 e. The van der Waals surface area contributed by atoms with Gasteiger partial charge in [-0.25, -0.2) is 13.1 Å². The summed E-state index contributed by atoms with van der Waals surface area (Å²) in [6.07, 6.45) is 0. The SMILES string of the molecule is Cc1nn2c(-c3ccc(S(=O)(=O)NCc4ccccc4)o3)nnc2c2ccccc12. The summed E-state index contributed by atoms with van der Waals surface area (Å²) in [5.74, 6) is 0.605. The molecule has 9 heteroatoms. The number of rotatable bonds is 5. The summed E-state index contributed by atoms with van der Waals surface area (Å²) in [5.41, 5.74) is 2.24. The number of fused-ring (bicyclic) bond motifs is 3. The first-order valence-electron chi connectivity index (χ1n) is 9.27. The van der Waals surface area contributed by atoms with Gasteiger partial charge in [-0.05, 0) is 24.6 Å². The van der Waals surface area contributed by atoms with E-state index in [0.29, 0.717) is 11.5 Å². The number of hydrogen-bond acceptors (Lipinski definition) is 6. The van der Waals surface area contributed by atoms with E-state index >= 15 is 0 Å². The quantitative estimate of drug-likeness (QED) is 0.469. The molecule has 5 aromatic rings. The summed E-state index contributed by atoms with van der Waals surface area (Å²) in [5, 5.41) is 14.7. The fourth-order valence-corrected chi connectivity index (χ4v) is 4.27. The van der Waals surface area contributed by atoms with Gasteiger partial charge in [0.15, 0.2) is 11.4 Å². The van der Waals surface area contributed by atoms with Crippen LogP contribution in [0.25, 0.3) is 28.0 Å². The second-order valence-electron chi connectivity index (χ2n) is 6.82. The smallest absolute Gasteiger partial charge is 0.274 e. The lowest BCUT2D eigenvalue weighted by Crippen LogP contribution is -2.22. The maximum absolute atomic E-state index is 12.6. The predicted molar refractivity (Wildman–Crippen MR) is 111 cm³/mol. The molecule has 5 rings (SSSR count). The lowest BCUT2D eigenvalue weighted by Gasteiger charge is -2.05. The average Bonchev–Trinajstić information content (AvgIpc) is 3.41. The molecule has 0 aliphatic rings. The molecule has 3 heterocycles. The Balaban J connectivity index is 1.50. The molecular weight excluding hydrogens is 402 g/mol. The monoisotopic (exact) mass is 419 g/mol. The molecule has 150 valence electrons. The van der Waals surface area contributed by atoms with Crippen LogP contribution in [0, 0.1) is 6.92 Å². The third kappa shape index (κ3) is 3.14. The predicted octanol–water partition coefficient (Wildman–Crippen LogP) is 3.32. The Hall–Kier alpha value is -3.56. The topological polar surface area (TPSA) is 102 Å². The molecule has 0 saturated heterocycles. The molecule has 0 bridgehead atoms. The van der Waals surface area contributed by atoms with E-state index in [1.807, 2.05) is 61.5 Å². The van der Waals surface area contributed by atoms with E-state index in [2.05, 4.69) is 20.0 Å². The first kappa shape index (κ1) is 18.5. The third-order valence-corrected chi connectivity index (χ3v) is 6.10. The van der Waals surface area contributed by atoms with Gasteiger partial charge in [-0.3, -0.25) is 0 Å². The number of sulfonamides is 1. The summed E-state index contributed by atoms with van der Waals surface area (Å²) < 4.78 is 35.0. The highest BCUT2D eigenvalue weighted by Gasteiger charge is 2.22. The second-order valence-corrected chi connectivity index (χ2v) is 8.52. The van der Waals surface area contributed by atoms with Gasteiger partial charge in [-0.15, -0.1) is 10.2 Å². The van der Waals surface area contributed by atoms with Gasteiger partial charge in [0.25, 0.3) is 10.0 Å². The van der Waals surface area contributed by atoms with Crippen LogP contribution in [-0.2, 0) is 16.6 Å². The van der Waals surface area contributed by atoms with Gasteiger partial charge in [0.2, 0.25) is 10.9 Å². The highest BCUT2D eigenvalue weighted by molar-refractivity contribution is 7.89. The lowest BCUT2D eigenvalue weighted by molar-refractivity contribution is 0.452. The van der Waals surface area contributed by atoms with E-state index in [1.54, 1.807) is 10.6 Å². The van der Waals surface area contributed by atoms with E-state index < -0.39 is 10.0 Å². The van der Waals surface area contributed by atoms with Crippen LogP contribution in [0.4, 0.5) is 0 Å². The standard InChI is InChI=1S/C21H17N5O3S/c1-14-16-9-5-6-10-17(16)20-23-24-21(26(20)25-14)18-11-12-19(29-18)30(27,28)22-13-15-7-3-2-4-8-15/h2-12,22H,13H2,1H3. The van der Waals surface area contributed by atoms with Crippen LogP contribution >= 0.6 is 0 Å². The van der Waals surface area contributed by atoms with Crippen molar-refractivity contribution in [3.8, 4) is 11.6 Å². The van der Waals surface area contributed by atoms with Crippen molar-refractivity contribution in [2.45, 2.75) is 18.6 Å². The number of aromatic nitrogens is 4. The third-order valence-electron chi connectivity index (χ3n) is 4.82. The van der Waals surface area contributed by atoms with Crippen LogP contribution in [0.15, 0.2) is 76.2 Å². The normalized spacial score (nSPS) is 12.0. The van der Waals surface area contributed by atoms with Gasteiger partial charge < -0.3 is 4.42 Å². The van der Waals surface area contributed by atoms with E-state index in [0.717, 1.165) is 22.0 Å². The highest BCUT2D eigenvalue weighted by atomic mass is 32.2. The Morgan fingerprint density at radius 1 is 0.933 bits per heavy atom. The number of benzene rings is 2. The number of furan rings is 1. The van der Waals surface area contributed by atoms with E-state index in [-0.39, 0.29) is 17.4 Å². The van der Waals surface area contributed by atoms with Crippen LogP contribution in [0.5, 0.6) is 0 Å². The largest absolute Gasteiger partial charge is 0.440 e. The van der Waals surface area contributed by atoms with Gasteiger partial charge in [0.1, 0.15) is 0 Å². The zero-order valence-electron chi connectivity index (χ0n) is 16.0. The molecule has 30 heavy (non-hydrogen) atoms. The number of nitrogens with zero attached hydrogens (tertiary/aromatic N) is 4. The van der Waals surface area contributed by atoms with Crippen molar-refractivity contribution in [2.75, 3.05) is 0 Å². The first-order valence-corrected chi connectivity index (χ1v) is 10.8. The summed E-state index contributed by atoms with van der Waals surface area (Å²) in [7, 11) is -3.82. The molecular formula is C21H17N5O3S. The number of aryl methyl sites for hydroxylation is 1. The van der Waals surface area contributed by atoms with Crippen molar-refractivity contribution in [1.82, 2.24) is 24.5 Å². The van der Waals surface area contributed by atoms with Gasteiger partial charge in [-0.1, -0.05) is 54.6 Å². The summed E-state index contributed by atoms with van der Waals surface area (Å²) in [4.78, 5) is 0. The first-order chi connectivity index (χ1) is 14.5.